The number of rotatable bonds is 14. The topological polar surface area (TPSA) is 124 Å². The number of anilines is 2. The zero-order valence-corrected chi connectivity index (χ0v) is 26.6. The SMILES string of the molecule is COc1cc2ncnc(Nc3c(CN(C)CCNS(=O)(=O)c4ccccc4C)ccc4c3OCO4)c2cc1OCCCBr. The first kappa shape index (κ1) is 30.8. The monoisotopic (exact) mass is 671 g/mol. The summed E-state index contributed by atoms with van der Waals surface area (Å²) in [7, 11) is -0.0876. The lowest BCUT2D eigenvalue weighted by molar-refractivity contribution is 0.174. The van der Waals surface area contributed by atoms with Crippen LogP contribution in [0.2, 0.25) is 0 Å². The highest BCUT2D eigenvalue weighted by atomic mass is 79.9. The van der Waals surface area contributed by atoms with Crippen LogP contribution in [0.15, 0.2) is 59.8 Å². The Balaban J connectivity index is 1.37. The average molecular weight is 673 g/mol. The van der Waals surface area contributed by atoms with E-state index in [4.69, 9.17) is 18.9 Å². The third-order valence-corrected chi connectivity index (χ3v) is 9.12. The van der Waals surface area contributed by atoms with E-state index < -0.39 is 10.0 Å². The minimum atomic E-state index is -3.61. The maximum absolute atomic E-state index is 12.8. The fraction of sp³-hybridized carbons (Fsp3) is 0.333. The summed E-state index contributed by atoms with van der Waals surface area (Å²) in [4.78, 5) is 11.3. The van der Waals surface area contributed by atoms with Crippen LogP contribution in [0, 0.1) is 6.92 Å². The van der Waals surface area contributed by atoms with Gasteiger partial charge in [0.25, 0.3) is 0 Å². The number of hydrogen-bond acceptors (Lipinski definition) is 10. The molecule has 0 radical (unpaired) electrons. The van der Waals surface area contributed by atoms with Crippen LogP contribution >= 0.6 is 15.9 Å². The van der Waals surface area contributed by atoms with Crippen LogP contribution in [0.1, 0.15) is 17.5 Å². The number of aromatic nitrogens is 2. The van der Waals surface area contributed by atoms with Crippen LogP contribution in [-0.4, -0.2) is 69.3 Å². The van der Waals surface area contributed by atoms with E-state index in [2.05, 4.69) is 35.9 Å². The van der Waals surface area contributed by atoms with Crippen molar-refractivity contribution in [1.82, 2.24) is 19.6 Å². The Morgan fingerprint density at radius 3 is 2.72 bits per heavy atom. The highest BCUT2D eigenvalue weighted by Crippen LogP contribution is 2.44. The van der Waals surface area contributed by atoms with Crippen molar-refractivity contribution in [3.05, 3.63) is 66.0 Å². The quantitative estimate of drug-likeness (QED) is 0.140. The number of alkyl halides is 1. The number of hydrogen-bond donors (Lipinski definition) is 2. The van der Waals surface area contributed by atoms with Gasteiger partial charge >= 0.3 is 0 Å². The summed E-state index contributed by atoms with van der Waals surface area (Å²) < 4.78 is 51.4. The second-order valence-corrected chi connectivity index (χ2v) is 12.5. The van der Waals surface area contributed by atoms with Gasteiger partial charge in [0.05, 0.1) is 29.8 Å². The average Bonchev–Trinajstić information content (AvgIpc) is 3.48. The molecule has 0 aliphatic carbocycles. The van der Waals surface area contributed by atoms with Crippen LogP contribution < -0.4 is 29.0 Å². The lowest BCUT2D eigenvalue weighted by atomic mass is 10.1. The molecule has 1 aliphatic heterocycles. The van der Waals surface area contributed by atoms with Crippen molar-refractivity contribution in [1.29, 1.82) is 0 Å². The molecule has 0 spiro atoms. The number of fused-ring (bicyclic) bond motifs is 2. The minimum absolute atomic E-state index is 0.108. The first-order chi connectivity index (χ1) is 20.8. The van der Waals surface area contributed by atoms with Gasteiger partial charge in [0.1, 0.15) is 12.1 Å². The Morgan fingerprint density at radius 2 is 1.93 bits per heavy atom. The van der Waals surface area contributed by atoms with E-state index >= 15 is 0 Å². The summed E-state index contributed by atoms with van der Waals surface area (Å²) in [6.07, 6.45) is 2.33. The Kier molecular flexibility index (Phi) is 9.86. The highest BCUT2D eigenvalue weighted by Gasteiger charge is 2.23. The van der Waals surface area contributed by atoms with Crippen molar-refractivity contribution in [3.8, 4) is 23.0 Å². The number of benzene rings is 3. The largest absolute Gasteiger partial charge is 0.493 e. The Bertz CT molecular complexity index is 1700. The minimum Gasteiger partial charge on any atom is -0.493 e. The molecule has 228 valence electrons. The van der Waals surface area contributed by atoms with Gasteiger partial charge < -0.3 is 29.2 Å². The molecule has 2 N–H and O–H groups in total. The van der Waals surface area contributed by atoms with Crippen molar-refractivity contribution < 1.29 is 27.4 Å². The van der Waals surface area contributed by atoms with Crippen LogP contribution in [0.5, 0.6) is 23.0 Å². The summed E-state index contributed by atoms with van der Waals surface area (Å²) in [5.74, 6) is 2.96. The molecule has 43 heavy (non-hydrogen) atoms. The highest BCUT2D eigenvalue weighted by molar-refractivity contribution is 9.09. The molecule has 0 saturated carbocycles. The first-order valence-corrected chi connectivity index (χ1v) is 16.3. The number of nitrogens with zero attached hydrogens (tertiary/aromatic N) is 3. The predicted molar refractivity (Wildman–Crippen MR) is 169 cm³/mol. The second kappa shape index (κ2) is 13.8. The summed E-state index contributed by atoms with van der Waals surface area (Å²) in [6.45, 7) is 3.64. The van der Waals surface area contributed by atoms with Crippen molar-refractivity contribution >= 4 is 48.4 Å². The summed E-state index contributed by atoms with van der Waals surface area (Å²) >= 11 is 3.43. The number of likely N-dealkylation sites (N-methyl/N-ethyl adjacent to an activating group) is 1. The molecule has 13 heteroatoms. The number of nitrogens with one attached hydrogen (secondary N) is 2. The molecule has 4 aromatic rings. The van der Waals surface area contributed by atoms with Crippen molar-refractivity contribution in [2.45, 2.75) is 24.8 Å². The fourth-order valence-electron chi connectivity index (χ4n) is 4.75. The summed E-state index contributed by atoms with van der Waals surface area (Å²) in [5, 5.41) is 5.04. The Labute approximate surface area is 259 Å². The molecule has 0 fully saturated rings. The molecular weight excluding hydrogens is 638 g/mol. The van der Waals surface area contributed by atoms with Crippen LogP contribution in [-0.2, 0) is 16.6 Å². The summed E-state index contributed by atoms with van der Waals surface area (Å²) in [5.41, 5.74) is 3.02. The van der Waals surface area contributed by atoms with E-state index in [-0.39, 0.29) is 18.2 Å². The molecule has 0 amide bonds. The van der Waals surface area contributed by atoms with Gasteiger partial charge in [-0.2, -0.15) is 0 Å². The number of ether oxygens (including phenoxy) is 4. The third-order valence-electron chi connectivity index (χ3n) is 6.93. The van der Waals surface area contributed by atoms with E-state index in [0.29, 0.717) is 65.3 Å². The van der Waals surface area contributed by atoms with E-state index in [9.17, 15) is 8.42 Å². The van der Waals surface area contributed by atoms with Gasteiger partial charge in [0.2, 0.25) is 16.8 Å². The molecule has 11 nitrogen and oxygen atoms in total. The van der Waals surface area contributed by atoms with Crippen LogP contribution in [0.4, 0.5) is 11.5 Å². The molecular formula is C30H34BrN5O6S. The van der Waals surface area contributed by atoms with Crippen molar-refractivity contribution in [2.75, 3.05) is 51.3 Å². The maximum atomic E-state index is 12.8. The number of halogens is 1. The molecule has 0 unspecified atom stereocenters. The van der Waals surface area contributed by atoms with Crippen molar-refractivity contribution in [3.63, 3.8) is 0 Å². The molecule has 1 aromatic heterocycles. The molecule has 0 bridgehead atoms. The predicted octanol–water partition coefficient (Wildman–Crippen LogP) is 4.99. The number of sulfonamides is 1. The first-order valence-electron chi connectivity index (χ1n) is 13.7. The van der Waals surface area contributed by atoms with Gasteiger partial charge in [-0.15, -0.1) is 0 Å². The van der Waals surface area contributed by atoms with Crippen molar-refractivity contribution in [2.24, 2.45) is 0 Å². The fourth-order valence-corrected chi connectivity index (χ4v) is 6.24. The lowest BCUT2D eigenvalue weighted by Gasteiger charge is -2.21. The normalized spacial score (nSPS) is 12.6. The van der Waals surface area contributed by atoms with Gasteiger partial charge in [-0.05, 0) is 49.7 Å². The van der Waals surface area contributed by atoms with Gasteiger partial charge in [0.15, 0.2) is 23.0 Å². The van der Waals surface area contributed by atoms with E-state index in [1.54, 1.807) is 32.2 Å². The Morgan fingerprint density at radius 1 is 1.09 bits per heavy atom. The molecule has 0 atom stereocenters. The number of methoxy groups -OCH3 is 1. The summed E-state index contributed by atoms with van der Waals surface area (Å²) in [6, 6.07) is 14.5. The third kappa shape index (κ3) is 7.12. The standard InChI is InChI=1S/C30H34BrN5O6S/c1-20-7-4-5-8-27(20)43(37,38)34-12-13-36(2)17-21-9-10-24-29(42-19-41-24)28(21)35-30-22-15-26(40-14-6-11-31)25(39-3)16-23(22)32-18-33-30/h4-5,7-10,15-16,18,34H,6,11-14,17,19H2,1-3H3,(H,32,33,35). The second-order valence-electron chi connectivity index (χ2n) is 9.99. The zero-order valence-electron chi connectivity index (χ0n) is 24.2. The van der Waals surface area contributed by atoms with E-state index in [1.165, 1.54) is 6.33 Å². The van der Waals surface area contributed by atoms with E-state index in [0.717, 1.165) is 22.7 Å². The van der Waals surface area contributed by atoms with Gasteiger partial charge in [-0.25, -0.2) is 23.1 Å². The van der Waals surface area contributed by atoms with Gasteiger partial charge in [-0.3, -0.25) is 0 Å². The van der Waals surface area contributed by atoms with E-state index in [1.807, 2.05) is 42.3 Å². The number of aryl methyl sites for hydroxylation is 1. The smallest absolute Gasteiger partial charge is 0.240 e. The Hall–Kier alpha value is -3.65. The van der Waals surface area contributed by atoms with Crippen LogP contribution in [0.3, 0.4) is 0 Å². The molecule has 1 aliphatic rings. The zero-order chi connectivity index (χ0) is 30.4. The lowest BCUT2D eigenvalue weighted by Crippen LogP contribution is -2.33. The maximum Gasteiger partial charge on any atom is 0.240 e. The molecule has 3 aromatic carbocycles. The molecule has 2 heterocycles. The molecule has 0 saturated heterocycles. The van der Waals surface area contributed by atoms with Gasteiger partial charge in [-0.1, -0.05) is 40.2 Å². The molecule has 5 rings (SSSR count). The van der Waals surface area contributed by atoms with Crippen LogP contribution in [0.25, 0.3) is 10.9 Å². The van der Waals surface area contributed by atoms with Gasteiger partial charge in [0, 0.05) is 36.4 Å².